The molecule has 4 N–H and O–H groups in total. The van der Waals surface area contributed by atoms with Crippen molar-refractivity contribution in [2.75, 3.05) is 0 Å². The molecule has 0 bridgehead atoms. The van der Waals surface area contributed by atoms with Crippen LogP contribution in [0.2, 0.25) is 25.2 Å². The molecule has 0 saturated heterocycles. The fourth-order valence-electron chi connectivity index (χ4n) is 1.73. The second-order valence-electron chi connectivity index (χ2n) is 4.56. The van der Waals surface area contributed by atoms with Crippen LogP contribution in [0.4, 0.5) is 0 Å². The highest BCUT2D eigenvalue weighted by atomic mass is 29.2. The van der Waals surface area contributed by atoms with Gasteiger partial charge in [-0.1, -0.05) is 26.9 Å². The molecule has 0 rings (SSSR count). The number of nitrogens with two attached hydrogens (primary N) is 2. The van der Waals surface area contributed by atoms with Crippen LogP contribution in [0, 0.1) is 0 Å². The third-order valence-electron chi connectivity index (χ3n) is 3.08. The molecule has 14 heavy (non-hydrogen) atoms. The molecule has 0 aromatic heterocycles. The van der Waals surface area contributed by atoms with Gasteiger partial charge in [0.1, 0.15) is 0 Å². The zero-order valence-corrected chi connectivity index (χ0v) is 12.1. The van der Waals surface area contributed by atoms with Crippen molar-refractivity contribution in [2.24, 2.45) is 11.5 Å². The summed E-state index contributed by atoms with van der Waals surface area (Å²) in [7, 11) is -0.0414. The minimum Gasteiger partial charge on any atom is -0.328 e. The molecule has 0 spiro atoms. The topological polar surface area (TPSA) is 52.0 Å². The summed E-state index contributed by atoms with van der Waals surface area (Å²) in [5.41, 5.74) is 12.1. The summed E-state index contributed by atoms with van der Waals surface area (Å²) in [6.45, 7) is 9.16. The van der Waals surface area contributed by atoms with Crippen molar-refractivity contribution in [3.63, 3.8) is 0 Å². The van der Waals surface area contributed by atoms with E-state index in [9.17, 15) is 0 Å². The Labute approximate surface area is 92.4 Å². The van der Waals surface area contributed by atoms with E-state index in [1.54, 1.807) is 0 Å². The number of hydrogen-bond donors (Lipinski definition) is 2. The van der Waals surface area contributed by atoms with Gasteiger partial charge in [-0.05, 0) is 24.9 Å². The zero-order valence-electron chi connectivity index (χ0n) is 10.1. The smallest absolute Gasteiger partial charge is 0.0415 e. The van der Waals surface area contributed by atoms with Crippen LogP contribution in [0.3, 0.4) is 0 Å². The summed E-state index contributed by atoms with van der Waals surface area (Å²) < 4.78 is 0. The predicted octanol–water partition coefficient (Wildman–Crippen LogP) is 1.79. The van der Waals surface area contributed by atoms with Gasteiger partial charge in [-0.2, -0.15) is 0 Å². The Hall–Kier alpha value is 0.354. The highest BCUT2D eigenvalue weighted by Crippen LogP contribution is 2.19. The molecular formula is C10H26N2Si2. The Morgan fingerprint density at radius 2 is 1.43 bits per heavy atom. The van der Waals surface area contributed by atoms with Crippen LogP contribution in [0.15, 0.2) is 0 Å². The molecule has 2 unspecified atom stereocenters. The molecule has 0 amide bonds. The van der Waals surface area contributed by atoms with Gasteiger partial charge in [-0.25, -0.2) is 0 Å². The first kappa shape index (κ1) is 14.4. The van der Waals surface area contributed by atoms with Crippen molar-refractivity contribution in [1.82, 2.24) is 0 Å². The average molecular weight is 231 g/mol. The average Bonchev–Trinajstić information content (AvgIpc) is 2.17. The first-order valence-corrected chi connectivity index (χ1v) is 11.1. The van der Waals surface area contributed by atoms with E-state index in [-0.39, 0.29) is 0 Å². The van der Waals surface area contributed by atoms with Gasteiger partial charge in [0.25, 0.3) is 0 Å². The maximum atomic E-state index is 6.05. The number of rotatable bonds is 7. The second-order valence-corrected chi connectivity index (χ2v) is 14.1. The van der Waals surface area contributed by atoms with Gasteiger partial charge >= 0.3 is 0 Å². The van der Waals surface area contributed by atoms with Crippen LogP contribution >= 0.6 is 0 Å². The van der Waals surface area contributed by atoms with Gasteiger partial charge in [0, 0.05) is 28.7 Å². The van der Waals surface area contributed by atoms with Gasteiger partial charge in [-0.3, -0.25) is 0 Å². The summed E-state index contributed by atoms with van der Waals surface area (Å²) in [5, 5.41) is 0. The molecule has 2 atom stereocenters. The molecule has 0 aliphatic carbocycles. The Kier molecular flexibility index (Phi) is 6.94. The molecular weight excluding hydrogens is 204 g/mol. The van der Waals surface area contributed by atoms with Crippen molar-refractivity contribution < 1.29 is 0 Å². The van der Waals surface area contributed by atoms with E-state index < -0.39 is 7.59 Å². The van der Waals surface area contributed by atoms with Crippen molar-refractivity contribution in [2.45, 2.75) is 64.0 Å². The van der Waals surface area contributed by atoms with Crippen LogP contribution in [0.25, 0.3) is 0 Å². The Morgan fingerprint density at radius 1 is 1.07 bits per heavy atom. The molecule has 4 heteroatoms. The standard InChI is InChI=1S/C10H26N2Si2/c1-5-9(11)7-14(4,13-3)8-10(12)6-2/h9-10H,5-8,11-12H2,1-4H3. The molecule has 2 radical (unpaired) electrons. The third kappa shape index (κ3) is 5.29. The van der Waals surface area contributed by atoms with Crippen molar-refractivity contribution in [3.05, 3.63) is 0 Å². The lowest BCUT2D eigenvalue weighted by Gasteiger charge is -2.30. The van der Waals surface area contributed by atoms with Crippen LogP contribution < -0.4 is 11.5 Å². The van der Waals surface area contributed by atoms with Gasteiger partial charge < -0.3 is 11.5 Å². The van der Waals surface area contributed by atoms with Crippen molar-refractivity contribution >= 4 is 16.6 Å². The Balaban J connectivity index is 4.16. The Morgan fingerprint density at radius 3 is 1.64 bits per heavy atom. The summed E-state index contributed by atoms with van der Waals surface area (Å²) in [5.74, 6) is 0. The van der Waals surface area contributed by atoms with Crippen LogP contribution in [0.5, 0.6) is 0 Å². The summed E-state index contributed by atoms with van der Waals surface area (Å²) in [4.78, 5) is 0. The fourth-order valence-corrected chi connectivity index (χ4v) is 8.00. The van der Waals surface area contributed by atoms with E-state index in [0.717, 1.165) is 21.9 Å². The first-order valence-electron chi connectivity index (χ1n) is 5.67. The lowest BCUT2D eigenvalue weighted by atomic mass is 10.3. The van der Waals surface area contributed by atoms with E-state index >= 15 is 0 Å². The zero-order chi connectivity index (χ0) is 11.2. The molecule has 0 heterocycles. The van der Waals surface area contributed by atoms with Gasteiger partial charge in [0.15, 0.2) is 0 Å². The fraction of sp³-hybridized carbons (Fsp3) is 1.00. The van der Waals surface area contributed by atoms with Gasteiger partial charge in [0.05, 0.1) is 0 Å². The highest BCUT2D eigenvalue weighted by Gasteiger charge is 2.28. The van der Waals surface area contributed by atoms with Crippen LogP contribution in [-0.2, 0) is 0 Å². The van der Waals surface area contributed by atoms with E-state index in [2.05, 4.69) is 26.9 Å². The van der Waals surface area contributed by atoms with Crippen molar-refractivity contribution in [1.29, 1.82) is 0 Å². The van der Waals surface area contributed by atoms with E-state index in [4.69, 9.17) is 11.5 Å². The summed E-state index contributed by atoms with van der Waals surface area (Å²) in [6, 6.07) is 3.32. The number of hydrogen-bond acceptors (Lipinski definition) is 2. The predicted molar refractivity (Wildman–Crippen MR) is 69.4 cm³/mol. The molecule has 0 aromatic carbocycles. The lowest BCUT2D eigenvalue weighted by molar-refractivity contribution is 0.678. The summed E-state index contributed by atoms with van der Waals surface area (Å²) in [6.07, 6.45) is 2.21. The van der Waals surface area contributed by atoms with Gasteiger partial charge in [0.2, 0.25) is 0 Å². The van der Waals surface area contributed by atoms with E-state index in [0.29, 0.717) is 12.1 Å². The molecule has 0 aliphatic heterocycles. The first-order chi connectivity index (χ1) is 6.47. The second kappa shape index (κ2) is 6.77. The normalized spacial score (nSPS) is 20.1. The summed E-state index contributed by atoms with van der Waals surface area (Å²) >= 11 is 0. The highest BCUT2D eigenvalue weighted by molar-refractivity contribution is 7.24. The monoisotopic (exact) mass is 230 g/mol. The third-order valence-corrected chi connectivity index (χ3v) is 12.0. The minimum atomic E-state index is -1.11. The maximum absolute atomic E-state index is 6.05. The van der Waals surface area contributed by atoms with Gasteiger partial charge in [-0.15, -0.1) is 0 Å². The lowest BCUT2D eigenvalue weighted by Crippen LogP contribution is -2.46. The molecule has 0 aromatic rings. The molecule has 0 saturated carbocycles. The quantitative estimate of drug-likeness (QED) is 0.655. The maximum Gasteiger partial charge on any atom is 0.0415 e. The van der Waals surface area contributed by atoms with E-state index in [1.807, 2.05) is 0 Å². The molecule has 0 fully saturated rings. The molecule has 0 aliphatic rings. The molecule has 84 valence electrons. The molecule has 2 nitrogen and oxygen atoms in total. The minimum absolute atomic E-state index is 0.406. The van der Waals surface area contributed by atoms with Crippen molar-refractivity contribution in [3.8, 4) is 0 Å². The largest absolute Gasteiger partial charge is 0.328 e. The van der Waals surface area contributed by atoms with E-state index in [1.165, 1.54) is 12.1 Å². The SMILES string of the molecule is CCC(N)C[Si](C)(CC(N)CC)[Si]C. The van der Waals surface area contributed by atoms with Crippen LogP contribution in [0.1, 0.15) is 26.7 Å². The Bertz CT molecular complexity index is 141. The van der Waals surface area contributed by atoms with Crippen LogP contribution in [-0.4, -0.2) is 28.7 Å².